The number of nitrogens with zero attached hydrogens (tertiary/aromatic N) is 1. The third-order valence-corrected chi connectivity index (χ3v) is 2.25. The zero-order valence-electron chi connectivity index (χ0n) is 8.76. The molecule has 1 aromatic carbocycles. The predicted octanol–water partition coefficient (Wildman–Crippen LogP) is 1.51. The third kappa shape index (κ3) is 2.61. The highest BCUT2D eigenvalue weighted by Crippen LogP contribution is 2.14. The SMILES string of the molecule is OCCc1cnc(Cc2ccc(O)cc2)o1. The average molecular weight is 219 g/mol. The smallest absolute Gasteiger partial charge is 0.198 e. The van der Waals surface area contributed by atoms with Gasteiger partial charge in [0.05, 0.1) is 12.8 Å². The van der Waals surface area contributed by atoms with Gasteiger partial charge in [-0.15, -0.1) is 0 Å². The summed E-state index contributed by atoms with van der Waals surface area (Å²) < 4.78 is 5.42. The van der Waals surface area contributed by atoms with Crippen LogP contribution in [0, 0.1) is 0 Å². The number of aromatic nitrogens is 1. The standard InChI is InChI=1S/C12H13NO3/c14-6-5-11-8-13-12(16-11)7-9-1-3-10(15)4-2-9/h1-4,8,14-15H,5-7H2. The minimum Gasteiger partial charge on any atom is -0.508 e. The molecule has 1 heterocycles. The molecule has 0 aliphatic rings. The minimum atomic E-state index is 0.0633. The summed E-state index contributed by atoms with van der Waals surface area (Å²) in [5.41, 5.74) is 1.02. The van der Waals surface area contributed by atoms with Gasteiger partial charge in [0.15, 0.2) is 5.89 Å². The van der Waals surface area contributed by atoms with Gasteiger partial charge in [0.25, 0.3) is 0 Å². The van der Waals surface area contributed by atoms with Crippen molar-refractivity contribution in [1.82, 2.24) is 4.98 Å². The number of rotatable bonds is 4. The van der Waals surface area contributed by atoms with Crippen molar-refractivity contribution >= 4 is 0 Å². The van der Waals surface area contributed by atoms with Crippen molar-refractivity contribution in [2.45, 2.75) is 12.8 Å². The van der Waals surface area contributed by atoms with Gasteiger partial charge in [0, 0.05) is 12.8 Å². The number of phenols is 1. The second-order valence-corrected chi connectivity index (χ2v) is 3.54. The zero-order chi connectivity index (χ0) is 11.4. The quantitative estimate of drug-likeness (QED) is 0.817. The number of hydrogen-bond donors (Lipinski definition) is 2. The van der Waals surface area contributed by atoms with E-state index in [-0.39, 0.29) is 12.4 Å². The van der Waals surface area contributed by atoms with Crippen molar-refractivity contribution in [3.05, 3.63) is 47.7 Å². The number of benzene rings is 1. The topological polar surface area (TPSA) is 66.5 Å². The zero-order valence-corrected chi connectivity index (χ0v) is 8.76. The van der Waals surface area contributed by atoms with Crippen LogP contribution in [0.25, 0.3) is 0 Å². The molecule has 0 aliphatic heterocycles. The number of aliphatic hydroxyl groups is 1. The molecule has 4 heteroatoms. The van der Waals surface area contributed by atoms with Crippen molar-refractivity contribution in [3.8, 4) is 5.75 Å². The molecule has 0 spiro atoms. The molecule has 0 radical (unpaired) electrons. The number of aromatic hydroxyl groups is 1. The number of phenolic OH excluding ortho intramolecular Hbond substituents is 1. The third-order valence-electron chi connectivity index (χ3n) is 2.25. The number of hydrogen-bond acceptors (Lipinski definition) is 4. The lowest BCUT2D eigenvalue weighted by Gasteiger charge is -1.97. The molecular formula is C12H13NO3. The fourth-order valence-corrected chi connectivity index (χ4v) is 1.44. The normalized spacial score (nSPS) is 10.6. The first-order valence-electron chi connectivity index (χ1n) is 5.10. The summed E-state index contributed by atoms with van der Waals surface area (Å²) in [7, 11) is 0. The average Bonchev–Trinajstić information content (AvgIpc) is 2.70. The van der Waals surface area contributed by atoms with Crippen LogP contribution in [0.2, 0.25) is 0 Å². The van der Waals surface area contributed by atoms with Gasteiger partial charge in [-0.25, -0.2) is 4.98 Å². The van der Waals surface area contributed by atoms with Crippen LogP contribution in [0.15, 0.2) is 34.9 Å². The Bertz CT molecular complexity index is 448. The van der Waals surface area contributed by atoms with E-state index in [1.165, 1.54) is 0 Å². The molecule has 0 fully saturated rings. The van der Waals surface area contributed by atoms with Gasteiger partial charge < -0.3 is 14.6 Å². The molecule has 0 bridgehead atoms. The van der Waals surface area contributed by atoms with E-state index in [1.54, 1.807) is 18.3 Å². The summed E-state index contributed by atoms with van der Waals surface area (Å²) in [4.78, 5) is 4.11. The molecule has 2 aromatic rings. The highest BCUT2D eigenvalue weighted by molar-refractivity contribution is 5.27. The van der Waals surface area contributed by atoms with Gasteiger partial charge in [0.2, 0.25) is 0 Å². The van der Waals surface area contributed by atoms with Crippen LogP contribution in [0.4, 0.5) is 0 Å². The largest absolute Gasteiger partial charge is 0.508 e. The Balaban J connectivity index is 2.05. The van der Waals surface area contributed by atoms with Gasteiger partial charge >= 0.3 is 0 Å². The van der Waals surface area contributed by atoms with Crippen molar-refractivity contribution in [3.63, 3.8) is 0 Å². The minimum absolute atomic E-state index is 0.0633. The molecule has 1 aromatic heterocycles. The Morgan fingerprint density at radius 3 is 2.62 bits per heavy atom. The van der Waals surface area contributed by atoms with E-state index in [4.69, 9.17) is 14.6 Å². The number of aliphatic hydroxyl groups excluding tert-OH is 1. The van der Waals surface area contributed by atoms with Crippen molar-refractivity contribution in [1.29, 1.82) is 0 Å². The number of oxazole rings is 1. The highest BCUT2D eigenvalue weighted by Gasteiger charge is 2.04. The second-order valence-electron chi connectivity index (χ2n) is 3.54. The van der Waals surface area contributed by atoms with E-state index in [2.05, 4.69) is 4.98 Å². The first kappa shape index (κ1) is 10.7. The molecule has 4 nitrogen and oxygen atoms in total. The summed E-state index contributed by atoms with van der Waals surface area (Å²) in [6.07, 6.45) is 2.71. The van der Waals surface area contributed by atoms with E-state index in [0.717, 1.165) is 5.56 Å². The molecule has 84 valence electrons. The molecule has 0 atom stereocenters. The Kier molecular flexibility index (Phi) is 3.22. The Labute approximate surface area is 93.2 Å². The van der Waals surface area contributed by atoms with E-state index in [0.29, 0.717) is 24.5 Å². The predicted molar refractivity (Wildman–Crippen MR) is 58.2 cm³/mol. The maximum atomic E-state index is 9.13. The van der Waals surface area contributed by atoms with Crippen molar-refractivity contribution in [2.75, 3.05) is 6.61 Å². The maximum Gasteiger partial charge on any atom is 0.198 e. The molecule has 0 unspecified atom stereocenters. The van der Waals surface area contributed by atoms with Gasteiger partial charge in [-0.1, -0.05) is 12.1 Å². The van der Waals surface area contributed by atoms with Crippen LogP contribution >= 0.6 is 0 Å². The summed E-state index contributed by atoms with van der Waals surface area (Å²) in [6, 6.07) is 6.91. The lowest BCUT2D eigenvalue weighted by atomic mass is 10.1. The molecule has 16 heavy (non-hydrogen) atoms. The van der Waals surface area contributed by atoms with Crippen LogP contribution < -0.4 is 0 Å². The van der Waals surface area contributed by atoms with Crippen LogP contribution in [0.3, 0.4) is 0 Å². The van der Waals surface area contributed by atoms with Crippen molar-refractivity contribution in [2.24, 2.45) is 0 Å². The molecule has 2 N–H and O–H groups in total. The Morgan fingerprint density at radius 2 is 1.94 bits per heavy atom. The molecule has 0 saturated heterocycles. The fourth-order valence-electron chi connectivity index (χ4n) is 1.44. The van der Waals surface area contributed by atoms with Gasteiger partial charge in [0.1, 0.15) is 11.5 Å². The Hall–Kier alpha value is -1.81. The van der Waals surface area contributed by atoms with Gasteiger partial charge in [-0.05, 0) is 17.7 Å². The lowest BCUT2D eigenvalue weighted by Crippen LogP contribution is -1.88. The summed E-state index contributed by atoms with van der Waals surface area (Å²) >= 11 is 0. The first-order valence-corrected chi connectivity index (χ1v) is 5.10. The van der Waals surface area contributed by atoms with Crippen LogP contribution in [0.1, 0.15) is 17.2 Å². The highest BCUT2D eigenvalue weighted by atomic mass is 16.4. The van der Waals surface area contributed by atoms with Gasteiger partial charge in [-0.3, -0.25) is 0 Å². The molecular weight excluding hydrogens is 206 g/mol. The Morgan fingerprint density at radius 1 is 1.19 bits per heavy atom. The van der Waals surface area contributed by atoms with E-state index in [1.807, 2.05) is 12.1 Å². The van der Waals surface area contributed by atoms with Crippen LogP contribution in [-0.2, 0) is 12.8 Å². The van der Waals surface area contributed by atoms with Crippen molar-refractivity contribution < 1.29 is 14.6 Å². The van der Waals surface area contributed by atoms with Gasteiger partial charge in [-0.2, -0.15) is 0 Å². The lowest BCUT2D eigenvalue weighted by molar-refractivity contribution is 0.286. The molecule has 2 rings (SSSR count). The van der Waals surface area contributed by atoms with Crippen LogP contribution in [-0.4, -0.2) is 21.8 Å². The summed E-state index contributed by atoms with van der Waals surface area (Å²) in [5, 5.41) is 17.9. The monoisotopic (exact) mass is 219 g/mol. The van der Waals surface area contributed by atoms with E-state index < -0.39 is 0 Å². The molecule has 0 aliphatic carbocycles. The fraction of sp³-hybridized carbons (Fsp3) is 0.250. The molecule has 0 saturated carbocycles. The first-order chi connectivity index (χ1) is 7.78. The maximum absolute atomic E-state index is 9.13. The van der Waals surface area contributed by atoms with Crippen LogP contribution in [0.5, 0.6) is 5.75 Å². The van der Waals surface area contributed by atoms with E-state index in [9.17, 15) is 0 Å². The summed E-state index contributed by atoms with van der Waals surface area (Å²) in [6.45, 7) is 0.0633. The molecule has 0 amide bonds. The second kappa shape index (κ2) is 4.81. The van der Waals surface area contributed by atoms with E-state index >= 15 is 0 Å². The summed E-state index contributed by atoms with van der Waals surface area (Å²) in [5.74, 6) is 1.56.